The van der Waals surface area contributed by atoms with Crippen molar-refractivity contribution in [2.75, 3.05) is 0 Å². The summed E-state index contributed by atoms with van der Waals surface area (Å²) in [7, 11) is 0. The van der Waals surface area contributed by atoms with Crippen molar-refractivity contribution < 1.29 is 14.3 Å². The van der Waals surface area contributed by atoms with Crippen molar-refractivity contribution >= 4 is 0 Å². The zero-order valence-electron chi connectivity index (χ0n) is 9.51. The monoisotopic (exact) mass is 204 g/mol. The summed E-state index contributed by atoms with van der Waals surface area (Å²) in [5, 5.41) is 0. The molecule has 4 heteroatoms. The molecule has 0 aliphatic rings. The Balaban J connectivity index is 0. The minimum Gasteiger partial charge on any atom is -0.412 e. The average Bonchev–Trinajstić information content (AvgIpc) is 2.33. The van der Waals surface area contributed by atoms with Crippen LogP contribution in [0.3, 0.4) is 0 Å². The summed E-state index contributed by atoms with van der Waals surface area (Å²) in [6.45, 7) is 9.86. The minimum atomic E-state index is -0.599. The summed E-state index contributed by atoms with van der Waals surface area (Å²) in [5.41, 5.74) is 0. The van der Waals surface area contributed by atoms with Crippen LogP contribution in [-0.2, 0) is 6.42 Å². The Hall–Kier alpha value is -1.03. The molecule has 0 radical (unpaired) electrons. The highest BCUT2D eigenvalue weighted by atomic mass is 16.6. The zero-order valence-corrected chi connectivity index (χ0v) is 9.51. The molecule has 0 unspecified atom stereocenters. The summed E-state index contributed by atoms with van der Waals surface area (Å²) < 4.78 is 9.50. The van der Waals surface area contributed by atoms with Crippen molar-refractivity contribution in [3.05, 3.63) is 22.1 Å². The summed E-state index contributed by atoms with van der Waals surface area (Å²) in [6.07, 6.45) is 0.761. The van der Waals surface area contributed by atoms with Gasteiger partial charge in [0.25, 0.3) is 0 Å². The van der Waals surface area contributed by atoms with Crippen LogP contribution in [0.15, 0.2) is 13.6 Å². The molecule has 84 valence electrons. The van der Waals surface area contributed by atoms with E-state index in [4.69, 9.17) is 8.83 Å². The highest BCUT2D eigenvalue weighted by Gasteiger charge is 2.09. The lowest BCUT2D eigenvalue weighted by Gasteiger charge is -1.98. The van der Waals surface area contributed by atoms with Gasteiger partial charge in [-0.25, -0.2) is 4.79 Å². The third kappa shape index (κ3) is 4.87. The lowest BCUT2D eigenvalue weighted by Crippen LogP contribution is -1.94. The summed E-state index contributed by atoms with van der Waals surface area (Å²) in [6, 6.07) is 0. The van der Waals surface area contributed by atoms with Crippen molar-refractivity contribution in [1.82, 2.24) is 0 Å². The third-order valence-electron chi connectivity index (χ3n) is 1.43. The number of hydrogen-bond acceptors (Lipinski definition) is 3. The van der Waals surface area contributed by atoms with Crippen LogP contribution in [0.1, 0.15) is 39.2 Å². The molecule has 0 aromatic carbocycles. The first-order chi connectivity index (χ1) is 6.09. The maximum atomic E-state index is 10.6. The summed E-state index contributed by atoms with van der Waals surface area (Å²) >= 11 is 0. The maximum Gasteiger partial charge on any atom is 0.519 e. The van der Waals surface area contributed by atoms with E-state index in [1.807, 2.05) is 13.8 Å². The first-order valence-electron chi connectivity index (χ1n) is 4.69. The first kappa shape index (κ1) is 15.4. The highest BCUT2D eigenvalue weighted by molar-refractivity contribution is 5.00. The fourth-order valence-corrected chi connectivity index (χ4v) is 0.931. The average molecular weight is 204 g/mol. The van der Waals surface area contributed by atoms with Gasteiger partial charge in [-0.2, -0.15) is 0 Å². The van der Waals surface area contributed by atoms with E-state index in [9.17, 15) is 4.79 Å². The van der Waals surface area contributed by atoms with Crippen LogP contribution in [0.5, 0.6) is 0 Å². The van der Waals surface area contributed by atoms with E-state index in [1.165, 1.54) is 0 Å². The highest BCUT2D eigenvalue weighted by Crippen LogP contribution is 2.10. The van der Waals surface area contributed by atoms with Gasteiger partial charge in [0.2, 0.25) is 0 Å². The van der Waals surface area contributed by atoms with Crippen molar-refractivity contribution in [1.29, 1.82) is 0 Å². The smallest absolute Gasteiger partial charge is 0.412 e. The molecule has 0 atom stereocenters. The molecule has 0 fully saturated rings. The molecule has 1 aromatic rings. The van der Waals surface area contributed by atoms with Gasteiger partial charge in [0.1, 0.15) is 11.5 Å². The summed E-state index contributed by atoms with van der Waals surface area (Å²) in [4.78, 5) is 10.6. The Bertz CT molecular complexity index is 283. The van der Waals surface area contributed by atoms with Gasteiger partial charge in [-0.3, -0.25) is 0 Å². The Kier molecular flexibility index (Phi) is 8.14. The molecule has 1 rings (SSSR count). The molecular weight excluding hydrogens is 184 g/mol. The van der Waals surface area contributed by atoms with Gasteiger partial charge >= 0.3 is 5.82 Å². The summed E-state index contributed by atoms with van der Waals surface area (Å²) in [5.74, 6) is 1.15. The SMILES string of the molecule is CC.Cc1oc(=O)oc1CC(C)C.O. The van der Waals surface area contributed by atoms with Crippen molar-refractivity contribution in [2.45, 2.75) is 41.0 Å². The maximum absolute atomic E-state index is 10.6. The van der Waals surface area contributed by atoms with Gasteiger partial charge in [0.05, 0.1) is 0 Å². The van der Waals surface area contributed by atoms with Gasteiger partial charge in [0.15, 0.2) is 0 Å². The van der Waals surface area contributed by atoms with E-state index in [2.05, 4.69) is 13.8 Å². The van der Waals surface area contributed by atoms with E-state index in [1.54, 1.807) is 6.92 Å². The lowest BCUT2D eigenvalue weighted by molar-refractivity contribution is 0.364. The molecule has 14 heavy (non-hydrogen) atoms. The van der Waals surface area contributed by atoms with Crippen molar-refractivity contribution in [2.24, 2.45) is 5.92 Å². The van der Waals surface area contributed by atoms with Gasteiger partial charge < -0.3 is 14.3 Å². The molecule has 0 amide bonds. The van der Waals surface area contributed by atoms with Crippen molar-refractivity contribution in [3.63, 3.8) is 0 Å². The largest absolute Gasteiger partial charge is 0.519 e. The second-order valence-electron chi connectivity index (χ2n) is 3.03. The van der Waals surface area contributed by atoms with Gasteiger partial charge in [0, 0.05) is 6.42 Å². The number of hydrogen-bond donors (Lipinski definition) is 0. The molecule has 0 saturated carbocycles. The Morgan fingerprint density at radius 2 is 1.71 bits per heavy atom. The van der Waals surface area contributed by atoms with Crippen LogP contribution in [0, 0.1) is 12.8 Å². The van der Waals surface area contributed by atoms with E-state index in [0.29, 0.717) is 17.4 Å². The molecule has 4 nitrogen and oxygen atoms in total. The van der Waals surface area contributed by atoms with Crippen LogP contribution in [0.4, 0.5) is 0 Å². The Labute approximate surface area is 84.2 Å². The number of aryl methyl sites for hydroxylation is 1. The molecule has 0 bridgehead atoms. The Morgan fingerprint density at radius 3 is 2.00 bits per heavy atom. The number of rotatable bonds is 2. The van der Waals surface area contributed by atoms with Crippen LogP contribution in [0.2, 0.25) is 0 Å². The quantitative estimate of drug-likeness (QED) is 0.738. The molecule has 1 aromatic heterocycles. The molecule has 0 saturated heterocycles. The van der Waals surface area contributed by atoms with Crippen LogP contribution >= 0.6 is 0 Å². The Morgan fingerprint density at radius 1 is 1.21 bits per heavy atom. The molecule has 2 N–H and O–H groups in total. The van der Waals surface area contributed by atoms with E-state index >= 15 is 0 Å². The standard InChI is InChI=1S/C8H12O3.C2H6.H2O/c1-5(2)4-7-6(3)10-8(9)11-7;1-2;/h5H,4H2,1-3H3;1-2H3;1H2. The second-order valence-corrected chi connectivity index (χ2v) is 3.03. The topological polar surface area (TPSA) is 74.8 Å². The lowest BCUT2D eigenvalue weighted by atomic mass is 10.1. The molecular formula is C10H20O4. The predicted molar refractivity (Wildman–Crippen MR) is 55.5 cm³/mol. The van der Waals surface area contributed by atoms with E-state index in [0.717, 1.165) is 6.42 Å². The van der Waals surface area contributed by atoms with Gasteiger partial charge in [-0.15, -0.1) is 0 Å². The van der Waals surface area contributed by atoms with Gasteiger partial charge in [-0.05, 0) is 12.8 Å². The zero-order chi connectivity index (χ0) is 10.4. The molecule has 0 aliphatic heterocycles. The molecule has 1 heterocycles. The normalized spacial score (nSPS) is 9.00. The predicted octanol–water partition coefficient (Wildman–Crippen LogP) is 1.94. The fraction of sp³-hybridized carbons (Fsp3) is 0.700. The van der Waals surface area contributed by atoms with Crippen LogP contribution in [-0.4, -0.2) is 5.48 Å². The fourth-order valence-electron chi connectivity index (χ4n) is 0.931. The van der Waals surface area contributed by atoms with Crippen molar-refractivity contribution in [3.8, 4) is 0 Å². The van der Waals surface area contributed by atoms with Crippen LogP contribution in [0.25, 0.3) is 0 Å². The minimum absolute atomic E-state index is 0. The van der Waals surface area contributed by atoms with Crippen LogP contribution < -0.4 is 5.82 Å². The van der Waals surface area contributed by atoms with Gasteiger partial charge in [-0.1, -0.05) is 27.7 Å². The van der Waals surface area contributed by atoms with E-state index in [-0.39, 0.29) is 5.48 Å². The van der Waals surface area contributed by atoms with E-state index < -0.39 is 5.82 Å². The molecule has 0 aliphatic carbocycles. The third-order valence-corrected chi connectivity index (χ3v) is 1.43. The molecule has 0 spiro atoms. The first-order valence-corrected chi connectivity index (χ1v) is 4.69. The second kappa shape index (κ2) is 7.38.